The third kappa shape index (κ3) is 7.75. The van der Waals surface area contributed by atoms with E-state index in [9.17, 15) is 34.8 Å². The fourth-order valence-corrected chi connectivity index (χ4v) is 5.48. The van der Waals surface area contributed by atoms with E-state index in [1.807, 2.05) is 0 Å². The minimum absolute atomic E-state index is 0.219. The predicted octanol–water partition coefficient (Wildman–Crippen LogP) is 10.0. The van der Waals surface area contributed by atoms with Crippen LogP contribution in [0.3, 0.4) is 0 Å². The van der Waals surface area contributed by atoms with Gasteiger partial charge in [0.15, 0.2) is 0 Å². The van der Waals surface area contributed by atoms with Crippen LogP contribution in [0.5, 0.6) is 0 Å². The molecule has 5 nitrogen and oxygen atoms in total. The van der Waals surface area contributed by atoms with Gasteiger partial charge in [0.05, 0.1) is 16.3 Å². The molecule has 14 heteroatoms. The first kappa shape index (κ1) is 33.1. The second kappa shape index (κ2) is 12.9. The van der Waals surface area contributed by atoms with Gasteiger partial charge in [0, 0.05) is 29.0 Å². The average molecular weight is 697 g/mol. The van der Waals surface area contributed by atoms with Crippen molar-refractivity contribution < 1.29 is 34.8 Å². The van der Waals surface area contributed by atoms with Crippen LogP contribution in [-0.2, 0) is 22.7 Å². The number of halogens is 8. The van der Waals surface area contributed by atoms with Gasteiger partial charge in [-0.15, -0.1) is 0 Å². The molecule has 1 N–H and O–H groups in total. The molecule has 0 spiro atoms. The minimum atomic E-state index is -5.56. The summed E-state index contributed by atoms with van der Waals surface area (Å²) in [5.74, 6) is 0.495. The topological polar surface area (TPSA) is 64.0 Å². The van der Waals surface area contributed by atoms with Crippen molar-refractivity contribution in [3.63, 3.8) is 0 Å². The van der Waals surface area contributed by atoms with Crippen molar-refractivity contribution in [2.75, 3.05) is 4.72 Å². The second-order valence-electron chi connectivity index (χ2n) is 10.0. The van der Waals surface area contributed by atoms with Gasteiger partial charge in [-0.05, 0) is 70.8 Å². The first-order valence-electron chi connectivity index (χ1n) is 13.3. The first-order valence-corrected chi connectivity index (χ1v) is 15.5. The number of hydrogen-bond acceptors (Lipinski definition) is 3. The first-order chi connectivity index (χ1) is 21.6. The number of aromatic nitrogens is 2. The zero-order chi connectivity index (χ0) is 33.3. The van der Waals surface area contributed by atoms with Crippen molar-refractivity contribution in [3.05, 3.63) is 130 Å². The molecule has 0 atom stereocenters. The van der Waals surface area contributed by atoms with E-state index in [1.165, 1.54) is 41.1 Å². The normalized spacial score (nSPS) is 12.5. The summed E-state index contributed by atoms with van der Waals surface area (Å²) >= 11 is 12.5. The summed E-state index contributed by atoms with van der Waals surface area (Å²) in [6, 6.07) is 22.4. The number of anilines is 1. The molecule has 238 valence electrons. The third-order valence-corrected chi connectivity index (χ3v) is 8.42. The lowest BCUT2D eigenvalue weighted by atomic mass is 10.0. The highest BCUT2D eigenvalue weighted by Crippen LogP contribution is 2.32. The summed E-state index contributed by atoms with van der Waals surface area (Å²) in [7, 11) is -5.56. The molecule has 0 aliphatic rings. The molecule has 0 amide bonds. The monoisotopic (exact) mass is 695 g/mol. The second-order valence-corrected chi connectivity index (χ2v) is 12.5. The number of nitrogens with zero attached hydrogens (tertiary/aromatic N) is 2. The lowest BCUT2D eigenvalue weighted by Crippen LogP contribution is -2.29. The maximum absolute atomic E-state index is 12.9. The highest BCUT2D eigenvalue weighted by molar-refractivity contribution is 7.93. The molecule has 0 saturated carbocycles. The van der Waals surface area contributed by atoms with Crippen LogP contribution >= 0.6 is 23.2 Å². The Labute approximate surface area is 269 Å². The van der Waals surface area contributed by atoms with E-state index in [4.69, 9.17) is 28.2 Å². The molecule has 5 aromatic rings. The Bertz CT molecular complexity index is 1990. The van der Waals surface area contributed by atoms with Crippen molar-refractivity contribution >= 4 is 51.1 Å². The largest absolute Gasteiger partial charge is 0.516 e. The van der Waals surface area contributed by atoms with Crippen LogP contribution in [0.2, 0.25) is 10.0 Å². The highest BCUT2D eigenvalue weighted by Gasteiger charge is 2.46. The lowest BCUT2D eigenvalue weighted by molar-refractivity contribution is -0.137. The molecule has 0 aliphatic heterocycles. The minimum Gasteiger partial charge on any atom is -0.326 e. The van der Waals surface area contributed by atoms with Crippen molar-refractivity contribution in [1.82, 2.24) is 9.55 Å². The molecule has 0 bridgehead atoms. The molecule has 5 rings (SSSR count). The van der Waals surface area contributed by atoms with E-state index >= 15 is 0 Å². The Morgan fingerprint density at radius 2 is 1.39 bits per heavy atom. The van der Waals surface area contributed by atoms with Gasteiger partial charge in [0.25, 0.3) is 0 Å². The van der Waals surface area contributed by atoms with E-state index in [-0.39, 0.29) is 12.2 Å². The summed E-state index contributed by atoms with van der Waals surface area (Å²) in [5.41, 5.74) is -2.53. The van der Waals surface area contributed by atoms with Gasteiger partial charge in [-0.1, -0.05) is 77.8 Å². The maximum Gasteiger partial charge on any atom is 0.516 e. The number of alkyl halides is 6. The summed E-state index contributed by atoms with van der Waals surface area (Å²) < 4.78 is 103. The Morgan fingerprint density at radius 3 is 1.96 bits per heavy atom. The van der Waals surface area contributed by atoms with Gasteiger partial charge in [-0.3, -0.25) is 4.72 Å². The smallest absolute Gasteiger partial charge is 0.326 e. The average Bonchev–Trinajstić information content (AvgIpc) is 3.38. The maximum atomic E-state index is 12.9. The van der Waals surface area contributed by atoms with Gasteiger partial charge in [-0.25, -0.2) is 4.98 Å². The van der Waals surface area contributed by atoms with Crippen molar-refractivity contribution in [1.29, 1.82) is 0 Å². The van der Waals surface area contributed by atoms with Crippen LogP contribution in [0.15, 0.2) is 97.2 Å². The Balaban J connectivity index is 1.40. The van der Waals surface area contributed by atoms with Crippen molar-refractivity contribution in [2.24, 2.45) is 0 Å². The van der Waals surface area contributed by atoms with Crippen LogP contribution in [-0.4, -0.2) is 23.5 Å². The van der Waals surface area contributed by atoms with E-state index in [0.717, 1.165) is 23.3 Å². The zero-order valence-corrected chi connectivity index (χ0v) is 25.6. The number of hydrogen-bond donors (Lipinski definition) is 1. The van der Waals surface area contributed by atoms with E-state index in [0.29, 0.717) is 38.3 Å². The predicted molar refractivity (Wildman–Crippen MR) is 168 cm³/mol. The summed E-state index contributed by atoms with van der Waals surface area (Å²) in [4.78, 5) is 4.71. The molecule has 46 heavy (non-hydrogen) atoms. The van der Waals surface area contributed by atoms with Crippen molar-refractivity contribution in [3.8, 4) is 22.4 Å². The number of benzene rings is 4. The van der Waals surface area contributed by atoms with Gasteiger partial charge in [0.2, 0.25) is 0 Å². The van der Waals surface area contributed by atoms with E-state index in [2.05, 4.69) is 0 Å². The zero-order valence-electron chi connectivity index (χ0n) is 23.2. The quantitative estimate of drug-likeness (QED) is 0.164. The standard InChI is InChI=1S/C32H21Cl2F6N3O2S/c33-25-12-15-27(28(34)17-25)29-19-43(18-21-3-13-26(14-4-21)42-46(44,45)32(38,39)40)30(41-29)16-5-20-1-6-22(7-2-20)23-8-10-24(11-9-23)31(35,36)37/h1-17,19,42H,18H2. The highest BCUT2D eigenvalue weighted by atomic mass is 35.5. The van der Waals surface area contributed by atoms with E-state index in [1.54, 1.807) is 65.4 Å². The van der Waals surface area contributed by atoms with Crippen LogP contribution in [0.4, 0.5) is 32.0 Å². The van der Waals surface area contributed by atoms with Crippen LogP contribution < -0.4 is 4.72 Å². The molecule has 1 aromatic heterocycles. The lowest BCUT2D eigenvalue weighted by Gasteiger charge is -2.11. The molecule has 0 aliphatic carbocycles. The van der Waals surface area contributed by atoms with Crippen LogP contribution in [0.25, 0.3) is 34.5 Å². The van der Waals surface area contributed by atoms with Gasteiger partial charge in [0.1, 0.15) is 5.82 Å². The fourth-order valence-electron chi connectivity index (χ4n) is 4.41. The van der Waals surface area contributed by atoms with Crippen LogP contribution in [0, 0.1) is 0 Å². The molecule has 0 saturated heterocycles. The number of sulfonamides is 1. The van der Waals surface area contributed by atoms with Crippen LogP contribution in [0.1, 0.15) is 22.5 Å². The fraction of sp³-hybridized carbons (Fsp3) is 0.0938. The molecular formula is C32H21Cl2F6N3O2S. The molecule has 0 unspecified atom stereocenters. The molecule has 0 radical (unpaired) electrons. The van der Waals surface area contributed by atoms with Gasteiger partial charge >= 0.3 is 21.7 Å². The number of imidazole rings is 1. The van der Waals surface area contributed by atoms with Gasteiger partial charge in [-0.2, -0.15) is 34.8 Å². The molecule has 1 heterocycles. The summed E-state index contributed by atoms with van der Waals surface area (Å²) in [6.45, 7) is 0.219. The SMILES string of the molecule is O=S(=O)(Nc1ccc(Cn2cc(-c3ccc(Cl)cc3Cl)nc2C=Cc2ccc(-c3ccc(C(F)(F)F)cc3)cc2)cc1)C(F)(F)F. The summed E-state index contributed by atoms with van der Waals surface area (Å²) in [6.07, 6.45) is 0.852. The van der Waals surface area contributed by atoms with E-state index < -0.39 is 27.3 Å². The molecule has 4 aromatic carbocycles. The van der Waals surface area contributed by atoms with Gasteiger partial charge < -0.3 is 4.57 Å². The molecule has 0 fully saturated rings. The number of nitrogens with one attached hydrogen (secondary N) is 1. The number of rotatable bonds is 8. The third-order valence-electron chi connectivity index (χ3n) is 6.76. The Morgan fingerprint density at radius 1 is 0.783 bits per heavy atom. The Kier molecular flexibility index (Phi) is 9.26. The Hall–Kier alpha value is -4.26. The van der Waals surface area contributed by atoms with Crippen molar-refractivity contribution in [2.45, 2.75) is 18.2 Å². The summed E-state index contributed by atoms with van der Waals surface area (Å²) in [5, 5.41) is 0.808. The molecular weight excluding hydrogens is 675 g/mol.